The molecular weight excluding hydrogens is 131 g/mol. The van der Waals surface area contributed by atoms with Crippen LogP contribution in [0.1, 0.15) is 6.42 Å². The van der Waals surface area contributed by atoms with Crippen molar-refractivity contribution in [2.75, 3.05) is 6.67 Å². The molecule has 1 fully saturated rings. The van der Waals surface area contributed by atoms with E-state index in [1.165, 1.54) is 0 Å². The molecule has 0 spiro atoms. The Labute approximate surface area is 75.3 Å². The van der Waals surface area contributed by atoms with Gasteiger partial charge in [0.15, 0.2) is 0 Å². The second-order valence-corrected chi connectivity index (χ2v) is 1.71. The molecule has 0 bridgehead atoms. The third-order valence-corrected chi connectivity index (χ3v) is 1.07. The summed E-state index contributed by atoms with van der Waals surface area (Å²) in [6, 6.07) is 0. The number of carbonyl (C=O) groups is 1. The first-order valence-electron chi connectivity index (χ1n) is 2.45. The van der Waals surface area contributed by atoms with E-state index in [1.807, 2.05) is 0 Å². The van der Waals surface area contributed by atoms with Gasteiger partial charge in [-0.25, -0.2) is 0 Å². The molecule has 0 aromatic carbocycles. The van der Waals surface area contributed by atoms with Gasteiger partial charge in [0.25, 0.3) is 0 Å². The Morgan fingerprint density at radius 2 is 2.22 bits per heavy atom. The first kappa shape index (κ1) is 9.39. The van der Waals surface area contributed by atoms with Crippen molar-refractivity contribution >= 4 is 5.97 Å². The Bertz CT molecular complexity index is 105. The van der Waals surface area contributed by atoms with Gasteiger partial charge in [-0.2, -0.15) is 0 Å². The van der Waals surface area contributed by atoms with E-state index < -0.39 is 5.97 Å². The van der Waals surface area contributed by atoms with Crippen LogP contribution in [0.4, 0.5) is 0 Å². The molecule has 46 valence electrons. The van der Waals surface area contributed by atoms with Crippen LogP contribution in [0.15, 0.2) is 0 Å². The molecular formula is C4H7N2NaO2. The summed E-state index contributed by atoms with van der Waals surface area (Å²) in [7, 11) is 0. The zero-order valence-electron chi connectivity index (χ0n) is 5.31. The van der Waals surface area contributed by atoms with Crippen molar-refractivity contribution in [3.05, 3.63) is 0 Å². The van der Waals surface area contributed by atoms with E-state index in [-0.39, 0.29) is 42.1 Å². The van der Waals surface area contributed by atoms with Crippen LogP contribution in [-0.4, -0.2) is 18.8 Å². The van der Waals surface area contributed by atoms with Crippen LogP contribution in [0.25, 0.3) is 0 Å². The van der Waals surface area contributed by atoms with Crippen molar-refractivity contribution in [3.63, 3.8) is 0 Å². The predicted octanol–water partition coefficient (Wildman–Crippen LogP) is -5.39. The summed E-state index contributed by atoms with van der Waals surface area (Å²) in [4.78, 5) is 9.81. The van der Waals surface area contributed by atoms with Crippen molar-refractivity contribution in [1.29, 1.82) is 0 Å². The van der Waals surface area contributed by atoms with Crippen molar-refractivity contribution in [1.82, 2.24) is 10.6 Å². The number of aliphatic carboxylic acids is 1. The van der Waals surface area contributed by atoms with Crippen LogP contribution in [0.3, 0.4) is 0 Å². The fraction of sp³-hybridized carbons (Fsp3) is 0.750. The Kier molecular flexibility index (Phi) is 4.43. The van der Waals surface area contributed by atoms with Gasteiger partial charge in [-0.15, -0.1) is 0 Å². The van der Waals surface area contributed by atoms with E-state index in [9.17, 15) is 9.90 Å². The molecule has 1 aliphatic heterocycles. The third-order valence-electron chi connectivity index (χ3n) is 1.07. The second kappa shape index (κ2) is 4.24. The van der Waals surface area contributed by atoms with Gasteiger partial charge in [0.05, 0.1) is 6.17 Å². The summed E-state index contributed by atoms with van der Waals surface area (Å²) in [5.41, 5.74) is 0. The van der Waals surface area contributed by atoms with Crippen molar-refractivity contribution in [3.8, 4) is 0 Å². The molecule has 4 nitrogen and oxygen atoms in total. The number of carboxylic acids is 1. The fourth-order valence-corrected chi connectivity index (χ4v) is 0.557. The molecule has 1 saturated heterocycles. The Hall–Kier alpha value is 0.390. The molecule has 1 rings (SSSR count). The normalized spacial score (nSPS) is 17.8. The van der Waals surface area contributed by atoms with Crippen LogP contribution in [0, 0.1) is 0 Å². The molecule has 1 aliphatic rings. The first-order chi connectivity index (χ1) is 3.79. The summed E-state index contributed by atoms with van der Waals surface area (Å²) in [5, 5.41) is 15.5. The Balaban J connectivity index is 0.000000640. The van der Waals surface area contributed by atoms with E-state index >= 15 is 0 Å². The number of hydrogen-bond donors (Lipinski definition) is 2. The topological polar surface area (TPSA) is 64.2 Å². The molecule has 1 heterocycles. The maximum absolute atomic E-state index is 9.81. The van der Waals surface area contributed by atoms with E-state index in [0.717, 1.165) is 0 Å². The van der Waals surface area contributed by atoms with Gasteiger partial charge in [-0.3, -0.25) is 10.6 Å². The largest absolute Gasteiger partial charge is 1.00 e. The van der Waals surface area contributed by atoms with Gasteiger partial charge in [0.1, 0.15) is 0 Å². The average Bonchev–Trinajstić information content (AvgIpc) is 1.55. The third kappa shape index (κ3) is 3.17. The average molecular weight is 138 g/mol. The number of hydrogen-bond acceptors (Lipinski definition) is 4. The molecule has 5 heteroatoms. The van der Waals surface area contributed by atoms with E-state index in [2.05, 4.69) is 10.6 Å². The van der Waals surface area contributed by atoms with Crippen LogP contribution >= 0.6 is 0 Å². The fourth-order valence-electron chi connectivity index (χ4n) is 0.557. The number of carboxylic acid groups (broad SMARTS) is 1. The van der Waals surface area contributed by atoms with Crippen molar-refractivity contribution < 1.29 is 39.5 Å². The maximum atomic E-state index is 9.81. The van der Waals surface area contributed by atoms with Crippen molar-refractivity contribution in [2.24, 2.45) is 0 Å². The summed E-state index contributed by atoms with van der Waals surface area (Å²) >= 11 is 0. The van der Waals surface area contributed by atoms with Gasteiger partial charge in [-0.1, -0.05) is 0 Å². The van der Waals surface area contributed by atoms with Crippen LogP contribution in [-0.2, 0) is 4.79 Å². The first-order valence-corrected chi connectivity index (χ1v) is 2.45. The minimum absolute atomic E-state index is 0. The van der Waals surface area contributed by atoms with E-state index in [0.29, 0.717) is 6.67 Å². The Morgan fingerprint density at radius 3 is 2.33 bits per heavy atom. The number of nitrogens with one attached hydrogen (secondary N) is 2. The van der Waals surface area contributed by atoms with Gasteiger partial charge in [-0.05, 0) is 0 Å². The standard InChI is InChI=1S/C4H8N2O2.Na/c7-4(8)1-3-5-2-6-3;/h3,5-6H,1-2H2,(H,7,8);/q;+1/p-1. The second-order valence-electron chi connectivity index (χ2n) is 1.71. The molecule has 0 radical (unpaired) electrons. The Morgan fingerprint density at radius 1 is 1.67 bits per heavy atom. The molecule has 0 atom stereocenters. The maximum Gasteiger partial charge on any atom is 1.00 e. The smallest absolute Gasteiger partial charge is 0.550 e. The minimum atomic E-state index is -1.02. The molecule has 0 unspecified atom stereocenters. The molecule has 0 aromatic heterocycles. The summed E-state index contributed by atoms with van der Waals surface area (Å²) in [5.74, 6) is -1.02. The van der Waals surface area contributed by atoms with Gasteiger partial charge < -0.3 is 9.90 Å². The quantitative estimate of drug-likeness (QED) is 0.374. The molecule has 0 saturated carbocycles. The van der Waals surface area contributed by atoms with Gasteiger partial charge >= 0.3 is 29.6 Å². The summed E-state index contributed by atoms with van der Waals surface area (Å²) in [6.45, 7) is 0.706. The predicted molar refractivity (Wildman–Crippen MR) is 24.6 cm³/mol. The van der Waals surface area contributed by atoms with Crippen LogP contribution in [0.5, 0.6) is 0 Å². The zero-order valence-corrected chi connectivity index (χ0v) is 7.31. The molecule has 2 N–H and O–H groups in total. The molecule has 0 aliphatic carbocycles. The van der Waals surface area contributed by atoms with Gasteiger partial charge in [0.2, 0.25) is 0 Å². The van der Waals surface area contributed by atoms with E-state index in [4.69, 9.17) is 0 Å². The molecule has 0 amide bonds. The number of carbonyl (C=O) groups excluding carboxylic acids is 1. The zero-order chi connectivity index (χ0) is 5.98. The molecule has 0 aromatic rings. The van der Waals surface area contributed by atoms with Crippen LogP contribution in [0.2, 0.25) is 0 Å². The van der Waals surface area contributed by atoms with E-state index in [1.54, 1.807) is 0 Å². The SMILES string of the molecule is O=C([O-])CC1NCN1.[Na+]. The molecule has 9 heavy (non-hydrogen) atoms. The van der Waals surface area contributed by atoms with Crippen molar-refractivity contribution in [2.45, 2.75) is 12.6 Å². The summed E-state index contributed by atoms with van der Waals surface area (Å²) < 4.78 is 0. The summed E-state index contributed by atoms with van der Waals surface area (Å²) in [6.07, 6.45) is -0.000000000000000666. The monoisotopic (exact) mass is 138 g/mol. The van der Waals surface area contributed by atoms with Crippen LogP contribution < -0.4 is 45.3 Å². The van der Waals surface area contributed by atoms with Gasteiger partial charge in [0, 0.05) is 19.1 Å². The number of rotatable bonds is 2. The minimum Gasteiger partial charge on any atom is -0.550 e.